The van der Waals surface area contributed by atoms with Crippen molar-refractivity contribution in [1.82, 2.24) is 5.48 Å². The Bertz CT molecular complexity index is 353. The first kappa shape index (κ1) is 11.1. The van der Waals surface area contributed by atoms with Crippen LogP contribution in [0.4, 0.5) is 0 Å². The van der Waals surface area contributed by atoms with Crippen molar-refractivity contribution >= 4 is 5.97 Å². The molecule has 0 saturated heterocycles. The van der Waals surface area contributed by atoms with Crippen molar-refractivity contribution in [2.45, 2.75) is 18.9 Å². The summed E-state index contributed by atoms with van der Waals surface area (Å²) in [5.74, 6) is -0.372. The molecule has 4 nitrogen and oxygen atoms in total. The number of benzene rings is 1. The van der Waals surface area contributed by atoms with Gasteiger partial charge in [-0.3, -0.25) is 4.84 Å². The Morgan fingerprint density at radius 1 is 1.38 bits per heavy atom. The van der Waals surface area contributed by atoms with E-state index in [2.05, 4.69) is 22.3 Å². The topological polar surface area (TPSA) is 47.6 Å². The number of hydrogen-bond acceptors (Lipinski definition) is 4. The van der Waals surface area contributed by atoms with E-state index in [1.165, 1.54) is 18.2 Å². The molecular formula is C12H15NO3. The average Bonchev–Trinajstić information content (AvgIpc) is 2.71. The second-order valence-corrected chi connectivity index (χ2v) is 3.86. The molecule has 0 radical (unpaired) electrons. The van der Waals surface area contributed by atoms with Crippen LogP contribution in [0.3, 0.4) is 0 Å². The highest BCUT2D eigenvalue weighted by Gasteiger charge is 2.20. The van der Waals surface area contributed by atoms with Gasteiger partial charge in [0.05, 0.1) is 7.11 Å². The molecule has 1 aliphatic carbocycles. The maximum atomic E-state index is 10.8. The number of hydrogen-bond donors (Lipinski definition) is 1. The highest BCUT2D eigenvalue weighted by atomic mass is 16.7. The number of fused-ring (bicyclic) bond motifs is 1. The summed E-state index contributed by atoms with van der Waals surface area (Å²) in [6.07, 6.45) is 1.88. The zero-order chi connectivity index (χ0) is 11.4. The second kappa shape index (κ2) is 5.09. The number of rotatable bonds is 4. The average molecular weight is 221 g/mol. The minimum absolute atomic E-state index is 0.0522. The molecule has 1 aliphatic rings. The van der Waals surface area contributed by atoms with Gasteiger partial charge in [-0.05, 0) is 24.0 Å². The molecule has 1 aromatic carbocycles. The summed E-state index contributed by atoms with van der Waals surface area (Å²) in [6, 6.07) is 8.57. The standard InChI is InChI=1S/C12H15NO3/c1-15-12(14)8-16-13-11-6-9-4-2-3-5-10(9)7-11/h2-5,11,13H,6-8H2,1H3. The Hall–Kier alpha value is -1.39. The van der Waals surface area contributed by atoms with Crippen LogP contribution >= 0.6 is 0 Å². The molecule has 2 rings (SSSR count). The zero-order valence-electron chi connectivity index (χ0n) is 9.23. The van der Waals surface area contributed by atoms with E-state index in [0.29, 0.717) is 0 Å². The molecule has 0 saturated carbocycles. The van der Waals surface area contributed by atoms with E-state index < -0.39 is 0 Å². The zero-order valence-corrected chi connectivity index (χ0v) is 9.23. The molecule has 16 heavy (non-hydrogen) atoms. The van der Waals surface area contributed by atoms with Crippen LogP contribution in [0.5, 0.6) is 0 Å². The largest absolute Gasteiger partial charge is 0.467 e. The summed E-state index contributed by atoms with van der Waals surface area (Å²) < 4.78 is 4.47. The van der Waals surface area contributed by atoms with Crippen LogP contribution in [0.25, 0.3) is 0 Å². The van der Waals surface area contributed by atoms with Crippen molar-refractivity contribution < 1.29 is 14.4 Å². The van der Waals surface area contributed by atoms with Gasteiger partial charge in [-0.1, -0.05) is 24.3 Å². The van der Waals surface area contributed by atoms with Gasteiger partial charge in [0.1, 0.15) is 0 Å². The molecule has 0 aliphatic heterocycles. The smallest absolute Gasteiger partial charge is 0.333 e. The second-order valence-electron chi connectivity index (χ2n) is 3.86. The van der Waals surface area contributed by atoms with Crippen LogP contribution in [0.15, 0.2) is 24.3 Å². The summed E-state index contributed by atoms with van der Waals surface area (Å²) in [5.41, 5.74) is 5.59. The first-order valence-corrected chi connectivity index (χ1v) is 5.30. The fourth-order valence-electron chi connectivity index (χ4n) is 1.92. The number of carbonyl (C=O) groups is 1. The number of ether oxygens (including phenoxy) is 1. The van der Waals surface area contributed by atoms with E-state index in [0.717, 1.165) is 12.8 Å². The lowest BCUT2D eigenvalue weighted by Crippen LogP contribution is -2.31. The summed E-state index contributed by atoms with van der Waals surface area (Å²) in [7, 11) is 1.34. The van der Waals surface area contributed by atoms with Crippen molar-refractivity contribution in [3.8, 4) is 0 Å². The van der Waals surface area contributed by atoms with E-state index in [1.807, 2.05) is 12.1 Å². The predicted octanol–water partition coefficient (Wildman–Crippen LogP) is 0.848. The van der Waals surface area contributed by atoms with E-state index in [4.69, 9.17) is 4.84 Å². The van der Waals surface area contributed by atoms with E-state index in [1.54, 1.807) is 0 Å². The van der Waals surface area contributed by atoms with Gasteiger partial charge in [0.15, 0.2) is 6.61 Å². The van der Waals surface area contributed by atoms with Gasteiger partial charge in [-0.2, -0.15) is 5.48 Å². The summed E-state index contributed by atoms with van der Waals surface area (Å²) in [6.45, 7) is -0.0522. The van der Waals surface area contributed by atoms with Gasteiger partial charge in [-0.25, -0.2) is 4.79 Å². The highest BCUT2D eigenvalue weighted by molar-refractivity contribution is 5.70. The molecule has 0 atom stereocenters. The Morgan fingerprint density at radius 2 is 2.00 bits per heavy atom. The molecule has 4 heteroatoms. The van der Waals surface area contributed by atoms with Crippen LogP contribution in [0, 0.1) is 0 Å². The Morgan fingerprint density at radius 3 is 2.56 bits per heavy atom. The van der Waals surface area contributed by atoms with Crippen molar-refractivity contribution in [1.29, 1.82) is 0 Å². The molecule has 0 amide bonds. The molecule has 0 heterocycles. The number of carbonyl (C=O) groups excluding carboxylic acids is 1. The fourth-order valence-corrected chi connectivity index (χ4v) is 1.92. The van der Waals surface area contributed by atoms with Gasteiger partial charge in [-0.15, -0.1) is 0 Å². The van der Waals surface area contributed by atoms with E-state index in [9.17, 15) is 4.79 Å². The van der Waals surface area contributed by atoms with Crippen LogP contribution in [-0.4, -0.2) is 25.7 Å². The van der Waals surface area contributed by atoms with Gasteiger partial charge >= 0.3 is 5.97 Å². The molecule has 1 aromatic rings. The Balaban J connectivity index is 1.77. The third-order valence-electron chi connectivity index (χ3n) is 2.72. The monoisotopic (exact) mass is 221 g/mol. The maximum Gasteiger partial charge on any atom is 0.333 e. The Kier molecular flexibility index (Phi) is 3.54. The van der Waals surface area contributed by atoms with Crippen LogP contribution in [0.1, 0.15) is 11.1 Å². The van der Waals surface area contributed by atoms with Crippen LogP contribution in [-0.2, 0) is 27.2 Å². The number of esters is 1. The van der Waals surface area contributed by atoms with Crippen LogP contribution < -0.4 is 5.48 Å². The third kappa shape index (κ3) is 2.59. The van der Waals surface area contributed by atoms with Crippen molar-refractivity contribution in [3.05, 3.63) is 35.4 Å². The number of nitrogens with one attached hydrogen (secondary N) is 1. The van der Waals surface area contributed by atoms with Crippen molar-refractivity contribution in [3.63, 3.8) is 0 Å². The van der Waals surface area contributed by atoms with Gasteiger partial charge in [0.2, 0.25) is 0 Å². The molecule has 0 unspecified atom stereocenters. The van der Waals surface area contributed by atoms with Crippen molar-refractivity contribution in [2.75, 3.05) is 13.7 Å². The van der Waals surface area contributed by atoms with E-state index in [-0.39, 0.29) is 18.6 Å². The fraction of sp³-hybridized carbons (Fsp3) is 0.417. The molecule has 0 bridgehead atoms. The summed E-state index contributed by atoms with van der Waals surface area (Å²) in [4.78, 5) is 15.9. The van der Waals surface area contributed by atoms with Gasteiger partial charge in [0, 0.05) is 6.04 Å². The molecule has 86 valence electrons. The SMILES string of the molecule is COC(=O)CONC1Cc2ccccc2C1. The third-order valence-corrected chi connectivity index (χ3v) is 2.72. The lowest BCUT2D eigenvalue weighted by atomic mass is 10.1. The van der Waals surface area contributed by atoms with E-state index >= 15 is 0 Å². The normalized spacial score (nSPS) is 14.8. The number of methoxy groups -OCH3 is 1. The van der Waals surface area contributed by atoms with Gasteiger partial charge in [0.25, 0.3) is 0 Å². The predicted molar refractivity (Wildman–Crippen MR) is 58.7 cm³/mol. The molecule has 0 aromatic heterocycles. The number of hydroxylamine groups is 1. The molecule has 0 fully saturated rings. The minimum Gasteiger partial charge on any atom is -0.467 e. The maximum absolute atomic E-state index is 10.8. The first-order valence-electron chi connectivity index (χ1n) is 5.30. The molecule has 0 spiro atoms. The minimum atomic E-state index is -0.372. The lowest BCUT2D eigenvalue weighted by molar-refractivity contribution is -0.149. The van der Waals surface area contributed by atoms with Crippen molar-refractivity contribution in [2.24, 2.45) is 0 Å². The Labute approximate surface area is 94.5 Å². The quantitative estimate of drug-likeness (QED) is 0.605. The molecule has 1 N–H and O–H groups in total. The lowest BCUT2D eigenvalue weighted by Gasteiger charge is -2.10. The summed E-state index contributed by atoms with van der Waals surface area (Å²) in [5, 5.41) is 0. The van der Waals surface area contributed by atoms with Crippen LogP contribution in [0.2, 0.25) is 0 Å². The first-order chi connectivity index (χ1) is 7.79. The highest BCUT2D eigenvalue weighted by Crippen LogP contribution is 2.21. The molecular weight excluding hydrogens is 206 g/mol. The summed E-state index contributed by atoms with van der Waals surface area (Å²) >= 11 is 0. The van der Waals surface area contributed by atoms with Gasteiger partial charge < -0.3 is 4.74 Å².